The van der Waals surface area contributed by atoms with E-state index in [2.05, 4.69) is 10.3 Å². The molecule has 1 aliphatic heterocycles. The molecule has 0 saturated heterocycles. The Kier molecular flexibility index (Phi) is 4.21. The van der Waals surface area contributed by atoms with Gasteiger partial charge in [0.25, 0.3) is 5.91 Å². The van der Waals surface area contributed by atoms with Crippen LogP contribution in [-0.2, 0) is 16.0 Å². The fraction of sp³-hybridized carbons (Fsp3) is 0.238. The molecule has 5 heteroatoms. The van der Waals surface area contributed by atoms with Crippen molar-refractivity contribution in [2.24, 2.45) is 0 Å². The molecule has 2 aromatic carbocycles. The second-order valence-corrected chi connectivity index (χ2v) is 6.46. The number of esters is 1. The number of aromatic nitrogens is 1. The molecule has 2 N–H and O–H groups in total. The summed E-state index contributed by atoms with van der Waals surface area (Å²) in [6, 6.07) is 17.1. The molecular formula is C21H20N2O3. The highest BCUT2D eigenvalue weighted by molar-refractivity contribution is 6.05. The third-order valence-corrected chi connectivity index (χ3v) is 4.87. The highest BCUT2D eigenvalue weighted by atomic mass is 16.5. The molecule has 1 amide bonds. The second-order valence-electron chi connectivity index (χ2n) is 6.46. The van der Waals surface area contributed by atoms with E-state index in [-0.39, 0.29) is 18.4 Å². The quantitative estimate of drug-likeness (QED) is 0.712. The number of hydrogen-bond donors (Lipinski definition) is 2. The number of nitrogens with one attached hydrogen (secondary N) is 2. The van der Waals surface area contributed by atoms with Crippen LogP contribution in [0.25, 0.3) is 10.9 Å². The van der Waals surface area contributed by atoms with Gasteiger partial charge in [-0.3, -0.25) is 4.79 Å². The number of benzene rings is 2. The lowest BCUT2D eigenvalue weighted by Gasteiger charge is -2.31. The van der Waals surface area contributed by atoms with E-state index in [1.165, 1.54) is 0 Å². The summed E-state index contributed by atoms with van der Waals surface area (Å²) >= 11 is 0. The first kappa shape index (κ1) is 16.4. The Bertz CT molecular complexity index is 962. The molecule has 0 saturated carbocycles. The van der Waals surface area contributed by atoms with Gasteiger partial charge in [-0.25, -0.2) is 4.79 Å². The van der Waals surface area contributed by atoms with Crippen LogP contribution in [0.5, 0.6) is 0 Å². The highest BCUT2D eigenvalue weighted by Gasteiger charge is 2.41. The Morgan fingerprint density at radius 2 is 1.81 bits per heavy atom. The van der Waals surface area contributed by atoms with E-state index in [1.54, 1.807) is 6.92 Å². The predicted octanol–water partition coefficient (Wildman–Crippen LogP) is 3.17. The van der Waals surface area contributed by atoms with Crippen LogP contribution in [0.15, 0.2) is 54.6 Å². The SMILES string of the molecule is CCOC(=O)[C@H]1NC(=O)c2[nH]c3ccccc3c2[C@H]1Cc1ccccc1. The van der Waals surface area contributed by atoms with Crippen molar-refractivity contribution < 1.29 is 14.3 Å². The zero-order chi connectivity index (χ0) is 18.1. The first-order valence-electron chi connectivity index (χ1n) is 8.81. The fourth-order valence-electron chi connectivity index (χ4n) is 3.75. The van der Waals surface area contributed by atoms with Crippen LogP contribution in [0.3, 0.4) is 0 Å². The summed E-state index contributed by atoms with van der Waals surface area (Å²) in [6.45, 7) is 2.05. The van der Waals surface area contributed by atoms with Crippen LogP contribution in [0.4, 0.5) is 0 Å². The van der Waals surface area contributed by atoms with Crippen LogP contribution in [-0.4, -0.2) is 29.5 Å². The van der Waals surface area contributed by atoms with Gasteiger partial charge in [0, 0.05) is 16.8 Å². The van der Waals surface area contributed by atoms with Crippen molar-refractivity contribution in [3.63, 3.8) is 0 Å². The van der Waals surface area contributed by atoms with Gasteiger partial charge in [0.2, 0.25) is 0 Å². The van der Waals surface area contributed by atoms with Crippen molar-refractivity contribution in [3.05, 3.63) is 71.4 Å². The van der Waals surface area contributed by atoms with E-state index in [9.17, 15) is 9.59 Å². The van der Waals surface area contributed by atoms with Crippen molar-refractivity contribution >= 4 is 22.8 Å². The number of amides is 1. The second kappa shape index (κ2) is 6.67. The Balaban J connectivity index is 1.85. The van der Waals surface area contributed by atoms with Crippen molar-refractivity contribution in [2.45, 2.75) is 25.3 Å². The molecule has 0 fully saturated rings. The van der Waals surface area contributed by atoms with E-state index >= 15 is 0 Å². The molecule has 0 unspecified atom stereocenters. The van der Waals surface area contributed by atoms with Gasteiger partial charge in [-0.1, -0.05) is 48.5 Å². The number of aromatic amines is 1. The molecule has 132 valence electrons. The molecular weight excluding hydrogens is 328 g/mol. The van der Waals surface area contributed by atoms with E-state index in [0.717, 1.165) is 22.0 Å². The monoisotopic (exact) mass is 348 g/mol. The van der Waals surface area contributed by atoms with Crippen molar-refractivity contribution in [3.8, 4) is 0 Å². The Labute approximate surface area is 151 Å². The van der Waals surface area contributed by atoms with Gasteiger partial charge in [-0.2, -0.15) is 0 Å². The van der Waals surface area contributed by atoms with E-state index in [1.807, 2.05) is 54.6 Å². The van der Waals surface area contributed by atoms with Gasteiger partial charge in [0.05, 0.1) is 6.61 Å². The van der Waals surface area contributed by atoms with E-state index in [0.29, 0.717) is 12.1 Å². The number of carbonyl (C=O) groups excluding carboxylic acids is 2. The summed E-state index contributed by atoms with van der Waals surface area (Å²) in [5.41, 5.74) is 3.44. The number of rotatable bonds is 4. The lowest BCUT2D eigenvalue weighted by atomic mass is 9.81. The lowest BCUT2D eigenvalue weighted by Crippen LogP contribution is -2.50. The van der Waals surface area contributed by atoms with Gasteiger partial charge < -0.3 is 15.0 Å². The van der Waals surface area contributed by atoms with Crippen molar-refractivity contribution in [2.75, 3.05) is 6.61 Å². The largest absolute Gasteiger partial charge is 0.464 e. The summed E-state index contributed by atoms with van der Waals surface area (Å²) in [4.78, 5) is 28.4. The van der Waals surface area contributed by atoms with Crippen LogP contribution >= 0.6 is 0 Å². The molecule has 2 atom stereocenters. The average Bonchev–Trinajstić information content (AvgIpc) is 3.05. The maximum Gasteiger partial charge on any atom is 0.329 e. The minimum Gasteiger partial charge on any atom is -0.464 e. The van der Waals surface area contributed by atoms with Gasteiger partial charge in [0.15, 0.2) is 0 Å². The molecule has 0 bridgehead atoms. The number of para-hydroxylation sites is 1. The third kappa shape index (κ3) is 2.75. The van der Waals surface area contributed by atoms with Gasteiger partial charge in [-0.15, -0.1) is 0 Å². The summed E-state index contributed by atoms with van der Waals surface area (Å²) in [5, 5.41) is 3.82. The Morgan fingerprint density at radius 3 is 2.58 bits per heavy atom. The lowest BCUT2D eigenvalue weighted by molar-refractivity contribution is -0.146. The molecule has 0 radical (unpaired) electrons. The first-order valence-corrected chi connectivity index (χ1v) is 8.81. The van der Waals surface area contributed by atoms with Crippen LogP contribution < -0.4 is 5.32 Å². The molecule has 0 spiro atoms. The molecule has 5 nitrogen and oxygen atoms in total. The molecule has 1 aliphatic rings. The van der Waals surface area contributed by atoms with Crippen LogP contribution in [0.2, 0.25) is 0 Å². The standard InChI is InChI=1S/C21H20N2O3/c1-2-26-21(25)18-15(12-13-8-4-3-5-9-13)17-14-10-6-7-11-16(14)22-19(17)20(24)23-18/h3-11,15,18,22H,2,12H2,1H3,(H,23,24)/t15-,18+/m1/s1. The number of ether oxygens (including phenoxy) is 1. The third-order valence-electron chi connectivity index (χ3n) is 4.87. The number of fused-ring (bicyclic) bond motifs is 3. The zero-order valence-electron chi connectivity index (χ0n) is 14.5. The minimum absolute atomic E-state index is 0.194. The maximum absolute atomic E-state index is 12.6. The van der Waals surface area contributed by atoms with Gasteiger partial charge in [-0.05, 0) is 30.5 Å². The number of hydrogen-bond acceptors (Lipinski definition) is 3. The Hall–Kier alpha value is -3.08. The highest BCUT2D eigenvalue weighted by Crippen LogP contribution is 2.37. The Morgan fingerprint density at radius 1 is 1.08 bits per heavy atom. The normalized spacial score (nSPS) is 19.0. The smallest absolute Gasteiger partial charge is 0.329 e. The van der Waals surface area contributed by atoms with Crippen molar-refractivity contribution in [1.82, 2.24) is 10.3 Å². The maximum atomic E-state index is 12.6. The molecule has 26 heavy (non-hydrogen) atoms. The summed E-state index contributed by atoms with van der Waals surface area (Å²) in [6.07, 6.45) is 0.638. The average molecular weight is 348 g/mol. The first-order chi connectivity index (χ1) is 12.7. The van der Waals surface area contributed by atoms with Crippen molar-refractivity contribution in [1.29, 1.82) is 0 Å². The minimum atomic E-state index is -0.700. The summed E-state index contributed by atoms with van der Waals surface area (Å²) in [5.74, 6) is -0.850. The van der Waals surface area contributed by atoms with Crippen LogP contribution in [0.1, 0.15) is 34.5 Å². The molecule has 1 aromatic heterocycles. The van der Waals surface area contributed by atoms with Gasteiger partial charge in [0.1, 0.15) is 11.7 Å². The topological polar surface area (TPSA) is 71.2 Å². The summed E-state index contributed by atoms with van der Waals surface area (Å²) in [7, 11) is 0. The molecule has 2 heterocycles. The number of carbonyl (C=O) groups is 2. The molecule has 3 aromatic rings. The van der Waals surface area contributed by atoms with E-state index < -0.39 is 12.0 Å². The predicted molar refractivity (Wildman–Crippen MR) is 99.1 cm³/mol. The fourth-order valence-corrected chi connectivity index (χ4v) is 3.75. The zero-order valence-corrected chi connectivity index (χ0v) is 14.5. The molecule has 0 aliphatic carbocycles. The van der Waals surface area contributed by atoms with Crippen LogP contribution in [0, 0.1) is 0 Å². The van der Waals surface area contributed by atoms with Gasteiger partial charge >= 0.3 is 5.97 Å². The summed E-state index contributed by atoms with van der Waals surface area (Å²) < 4.78 is 5.24. The molecule has 4 rings (SSSR count). The van der Waals surface area contributed by atoms with E-state index in [4.69, 9.17) is 4.74 Å². The number of H-pyrrole nitrogens is 1.